The van der Waals surface area contributed by atoms with E-state index in [1.165, 1.54) is 32.4 Å². The van der Waals surface area contributed by atoms with Crippen LogP contribution in [0.25, 0.3) is 11.1 Å². The van der Waals surface area contributed by atoms with E-state index in [-0.39, 0.29) is 23.0 Å². The molecule has 7 nitrogen and oxygen atoms in total. The van der Waals surface area contributed by atoms with E-state index in [1.54, 1.807) is 17.6 Å². The number of methoxy groups -OCH3 is 2. The third-order valence-electron chi connectivity index (χ3n) is 7.77. The molecule has 0 radical (unpaired) electrons. The Hall–Kier alpha value is -4.14. The second-order valence-corrected chi connectivity index (χ2v) is 12.2. The number of amides is 1. The molecule has 4 aromatic rings. The number of hydroxylamine groups is 1. The number of carbonyl (C=O) groups excluding carboxylic acids is 1. The monoisotopic (exact) mass is 587 g/mol. The van der Waals surface area contributed by atoms with Crippen molar-refractivity contribution in [2.75, 3.05) is 14.2 Å². The second-order valence-electron chi connectivity index (χ2n) is 10.1. The molecule has 0 fully saturated rings. The maximum absolute atomic E-state index is 14.4. The first-order chi connectivity index (χ1) is 20.3. The highest BCUT2D eigenvalue weighted by molar-refractivity contribution is 7.91. The summed E-state index contributed by atoms with van der Waals surface area (Å²) < 4.78 is 39.6. The van der Waals surface area contributed by atoms with Gasteiger partial charge in [-0.15, -0.1) is 0 Å². The van der Waals surface area contributed by atoms with Crippen LogP contribution < -0.4 is 15.0 Å². The van der Waals surface area contributed by atoms with E-state index >= 15 is 0 Å². The van der Waals surface area contributed by atoms with E-state index < -0.39 is 26.9 Å². The molecule has 42 heavy (non-hydrogen) atoms. The third-order valence-corrected chi connectivity index (χ3v) is 9.95. The highest BCUT2D eigenvalue weighted by Gasteiger charge is 2.40. The predicted molar refractivity (Wildman–Crippen MR) is 163 cm³/mol. The first-order valence-electron chi connectivity index (χ1n) is 13.9. The highest BCUT2D eigenvalue weighted by Crippen LogP contribution is 2.42. The topological polar surface area (TPSA) is 102 Å². The van der Waals surface area contributed by atoms with Crippen molar-refractivity contribution in [3.8, 4) is 22.6 Å². The lowest BCUT2D eigenvalue weighted by molar-refractivity contribution is -0.133. The summed E-state index contributed by atoms with van der Waals surface area (Å²) >= 11 is 0. The van der Waals surface area contributed by atoms with E-state index in [0.717, 1.165) is 23.1 Å². The zero-order valence-corrected chi connectivity index (χ0v) is 24.9. The fraction of sp³-hybridized carbons (Fsp3) is 0.265. The Morgan fingerprint density at radius 3 is 1.93 bits per heavy atom. The number of hydrogen-bond donors (Lipinski definition) is 2. The molecule has 0 bridgehead atoms. The first kappa shape index (κ1) is 30.8. The Bertz CT molecular complexity index is 1560. The minimum atomic E-state index is -4.17. The molecule has 0 heterocycles. The van der Waals surface area contributed by atoms with E-state index in [1.807, 2.05) is 72.8 Å². The van der Waals surface area contributed by atoms with Crippen molar-refractivity contribution < 1.29 is 27.9 Å². The highest BCUT2D eigenvalue weighted by atomic mass is 32.2. The summed E-state index contributed by atoms with van der Waals surface area (Å²) in [5, 5.41) is 8.51. The number of benzene rings is 4. The van der Waals surface area contributed by atoms with Gasteiger partial charge in [0.25, 0.3) is 0 Å². The van der Waals surface area contributed by atoms with Gasteiger partial charge in [0.05, 0.1) is 25.0 Å². The van der Waals surface area contributed by atoms with Crippen molar-refractivity contribution in [2.45, 2.75) is 42.2 Å². The van der Waals surface area contributed by atoms with Crippen LogP contribution in [-0.4, -0.2) is 33.8 Å². The molecule has 1 amide bonds. The second kappa shape index (κ2) is 14.2. The Morgan fingerprint density at radius 1 is 0.762 bits per heavy atom. The molecule has 0 aliphatic heterocycles. The Labute approximate surface area is 248 Å². The predicted octanol–water partition coefficient (Wildman–Crippen LogP) is 6.98. The Kier molecular flexibility index (Phi) is 10.4. The molecular formula is C34H37NO6S. The average Bonchev–Trinajstić information content (AvgIpc) is 3.04. The Balaban J connectivity index is 1.80. The molecule has 0 saturated carbocycles. The van der Waals surface area contributed by atoms with Crippen molar-refractivity contribution in [1.82, 2.24) is 5.48 Å². The van der Waals surface area contributed by atoms with Crippen LogP contribution in [0.1, 0.15) is 48.5 Å². The van der Waals surface area contributed by atoms with Crippen molar-refractivity contribution in [3.05, 3.63) is 114 Å². The third kappa shape index (κ3) is 6.83. The zero-order valence-electron chi connectivity index (χ0n) is 24.1. The molecule has 0 aliphatic rings. The summed E-state index contributed by atoms with van der Waals surface area (Å²) in [4.78, 5) is 13.3. The van der Waals surface area contributed by atoms with E-state index in [9.17, 15) is 18.4 Å². The lowest BCUT2D eigenvalue weighted by atomic mass is 9.85. The number of ether oxygens (including phenoxy) is 2. The summed E-state index contributed by atoms with van der Waals surface area (Å²) in [6, 6.07) is 31.3. The summed E-state index contributed by atoms with van der Waals surface area (Å²) in [7, 11) is -1.26. The molecule has 4 rings (SSSR count). The first-order valence-corrected chi connectivity index (χ1v) is 15.5. The van der Waals surface area contributed by atoms with E-state index in [0.29, 0.717) is 17.7 Å². The number of nitrogens with one attached hydrogen (secondary N) is 1. The lowest BCUT2D eigenvalue weighted by Crippen LogP contribution is -2.36. The van der Waals surface area contributed by atoms with Crippen molar-refractivity contribution >= 4 is 15.7 Å². The van der Waals surface area contributed by atoms with Gasteiger partial charge in [0.15, 0.2) is 21.3 Å². The normalized spacial score (nSPS) is 13.5. The van der Waals surface area contributed by atoms with Crippen LogP contribution in [0.4, 0.5) is 0 Å². The molecule has 0 saturated heterocycles. The van der Waals surface area contributed by atoms with Crippen LogP contribution in [0.3, 0.4) is 0 Å². The van der Waals surface area contributed by atoms with Crippen molar-refractivity contribution in [1.29, 1.82) is 0 Å². The van der Waals surface area contributed by atoms with Crippen molar-refractivity contribution in [2.24, 2.45) is 5.92 Å². The standard InChI is InChI=1S/C34H37NO6S/c1-4-24(25-11-7-5-8-12-25)19-21-30(34(36)35-37)33(28-17-15-27(16-18-28)26-13-9-6-10-14-26)42(38,39)29-20-22-31(40-2)32(23-29)41-3/h5-18,20,22-24,30,33,37H,4,19,21H2,1-3H3,(H,35,36). The molecule has 2 N–H and O–H groups in total. The van der Waals surface area contributed by atoms with Crippen LogP contribution in [0.15, 0.2) is 108 Å². The number of sulfone groups is 1. The summed E-state index contributed by atoms with van der Waals surface area (Å²) in [5.41, 5.74) is 5.22. The lowest BCUT2D eigenvalue weighted by Gasteiger charge is -2.28. The molecule has 8 heteroatoms. The van der Waals surface area contributed by atoms with Gasteiger partial charge < -0.3 is 9.47 Å². The van der Waals surface area contributed by atoms with Crippen LogP contribution >= 0.6 is 0 Å². The van der Waals surface area contributed by atoms with E-state index in [2.05, 4.69) is 6.92 Å². The summed E-state index contributed by atoms with van der Waals surface area (Å²) in [6.45, 7) is 2.07. The summed E-state index contributed by atoms with van der Waals surface area (Å²) in [6.07, 6.45) is 1.60. The molecule has 0 aliphatic carbocycles. The molecule has 0 spiro atoms. The van der Waals surface area contributed by atoms with Gasteiger partial charge in [-0.25, -0.2) is 13.9 Å². The van der Waals surface area contributed by atoms with Gasteiger partial charge in [-0.1, -0.05) is 91.9 Å². The molecule has 4 aromatic carbocycles. The van der Waals surface area contributed by atoms with Crippen LogP contribution in [0.2, 0.25) is 0 Å². The SMILES string of the molecule is CCC(CCC(C(=O)NO)C(c1ccc(-c2ccccc2)cc1)S(=O)(=O)c1ccc(OC)c(OC)c1)c1ccccc1. The summed E-state index contributed by atoms with van der Waals surface area (Å²) in [5.74, 6) is -1.06. The van der Waals surface area contributed by atoms with Gasteiger partial charge in [-0.3, -0.25) is 10.0 Å². The average molecular weight is 588 g/mol. The van der Waals surface area contributed by atoms with E-state index in [4.69, 9.17) is 9.47 Å². The molecule has 220 valence electrons. The molecule has 0 aromatic heterocycles. The molecule has 3 unspecified atom stereocenters. The van der Waals surface area contributed by atoms with Crippen LogP contribution in [0.5, 0.6) is 11.5 Å². The number of carbonyl (C=O) groups is 1. The Morgan fingerprint density at radius 2 is 1.36 bits per heavy atom. The molecule has 3 atom stereocenters. The van der Waals surface area contributed by atoms with Gasteiger partial charge in [-0.05, 0) is 59.6 Å². The van der Waals surface area contributed by atoms with Gasteiger partial charge >= 0.3 is 0 Å². The van der Waals surface area contributed by atoms with Crippen LogP contribution in [-0.2, 0) is 14.6 Å². The van der Waals surface area contributed by atoms with Gasteiger partial charge in [-0.2, -0.15) is 0 Å². The minimum Gasteiger partial charge on any atom is -0.493 e. The minimum absolute atomic E-state index is 0.0110. The van der Waals surface area contributed by atoms with Gasteiger partial charge in [0.2, 0.25) is 5.91 Å². The van der Waals surface area contributed by atoms with Crippen LogP contribution in [0, 0.1) is 5.92 Å². The van der Waals surface area contributed by atoms with Gasteiger partial charge in [0.1, 0.15) is 5.25 Å². The van der Waals surface area contributed by atoms with Gasteiger partial charge in [0, 0.05) is 6.07 Å². The maximum Gasteiger partial charge on any atom is 0.248 e. The quantitative estimate of drug-likeness (QED) is 0.129. The fourth-order valence-electron chi connectivity index (χ4n) is 5.48. The number of rotatable bonds is 13. The largest absolute Gasteiger partial charge is 0.493 e. The number of hydrogen-bond acceptors (Lipinski definition) is 6. The molecular weight excluding hydrogens is 550 g/mol. The van der Waals surface area contributed by atoms with Crippen molar-refractivity contribution in [3.63, 3.8) is 0 Å². The fourth-order valence-corrected chi connectivity index (χ4v) is 7.51. The maximum atomic E-state index is 14.4. The zero-order chi connectivity index (χ0) is 30.1. The smallest absolute Gasteiger partial charge is 0.248 e.